The standard InChI is InChI=1S/C17H17FN4O3/c18-12-4-2-11(3-5-12)10-21-8-9-22-14(17(21)25)15(23)13(19-22)16(24)20-6-1-7-20/h2-5,23H,1,6-10H2. The maximum atomic E-state index is 13.0. The van der Waals surface area contributed by atoms with Crippen molar-refractivity contribution in [2.24, 2.45) is 0 Å². The Labute approximate surface area is 143 Å². The molecule has 1 fully saturated rings. The molecule has 2 amide bonds. The highest BCUT2D eigenvalue weighted by Crippen LogP contribution is 2.29. The Morgan fingerprint density at radius 3 is 2.52 bits per heavy atom. The summed E-state index contributed by atoms with van der Waals surface area (Å²) in [5.74, 6) is -1.42. The lowest BCUT2D eigenvalue weighted by atomic mass is 10.1. The molecule has 25 heavy (non-hydrogen) atoms. The van der Waals surface area contributed by atoms with Crippen molar-refractivity contribution in [3.63, 3.8) is 0 Å². The molecule has 0 radical (unpaired) electrons. The van der Waals surface area contributed by atoms with Gasteiger partial charge in [0, 0.05) is 26.2 Å². The second-order valence-corrected chi connectivity index (χ2v) is 6.27. The fraction of sp³-hybridized carbons (Fsp3) is 0.353. The highest BCUT2D eigenvalue weighted by Gasteiger charge is 2.35. The van der Waals surface area contributed by atoms with Crippen LogP contribution in [0.1, 0.15) is 33.0 Å². The third kappa shape index (κ3) is 2.63. The average molecular weight is 344 g/mol. The molecule has 2 aromatic rings. The molecule has 1 aromatic carbocycles. The van der Waals surface area contributed by atoms with Crippen LogP contribution in [0.15, 0.2) is 24.3 Å². The normalized spacial score (nSPS) is 16.6. The largest absolute Gasteiger partial charge is 0.504 e. The topological polar surface area (TPSA) is 78.7 Å². The number of aromatic nitrogens is 2. The quantitative estimate of drug-likeness (QED) is 0.908. The molecule has 1 saturated heterocycles. The van der Waals surface area contributed by atoms with E-state index in [1.54, 1.807) is 21.9 Å². The molecular formula is C17H17FN4O3. The predicted molar refractivity (Wildman–Crippen MR) is 85.6 cm³/mol. The molecule has 0 saturated carbocycles. The Hall–Kier alpha value is -2.90. The number of hydrogen-bond donors (Lipinski definition) is 1. The van der Waals surface area contributed by atoms with Crippen LogP contribution in [0.5, 0.6) is 5.75 Å². The summed E-state index contributed by atoms with van der Waals surface area (Å²) >= 11 is 0. The van der Waals surface area contributed by atoms with E-state index in [0.29, 0.717) is 32.7 Å². The van der Waals surface area contributed by atoms with Crippen LogP contribution < -0.4 is 0 Å². The van der Waals surface area contributed by atoms with Gasteiger partial charge in [-0.2, -0.15) is 5.10 Å². The van der Waals surface area contributed by atoms with Crippen molar-refractivity contribution in [1.29, 1.82) is 0 Å². The molecule has 0 unspecified atom stereocenters. The van der Waals surface area contributed by atoms with Crippen molar-refractivity contribution in [3.05, 3.63) is 47.0 Å². The van der Waals surface area contributed by atoms with Gasteiger partial charge in [0.25, 0.3) is 11.8 Å². The number of carbonyl (C=O) groups excluding carboxylic acids is 2. The van der Waals surface area contributed by atoms with Crippen LogP contribution in [-0.2, 0) is 13.1 Å². The highest BCUT2D eigenvalue weighted by molar-refractivity contribution is 6.02. The summed E-state index contributed by atoms with van der Waals surface area (Å²) in [6, 6.07) is 5.92. The summed E-state index contributed by atoms with van der Waals surface area (Å²) in [6.07, 6.45) is 0.935. The smallest absolute Gasteiger partial charge is 0.278 e. The number of rotatable bonds is 3. The van der Waals surface area contributed by atoms with Gasteiger partial charge in [0.2, 0.25) is 0 Å². The highest BCUT2D eigenvalue weighted by atomic mass is 19.1. The lowest BCUT2D eigenvalue weighted by molar-refractivity contribution is 0.0639. The van der Waals surface area contributed by atoms with E-state index >= 15 is 0 Å². The van der Waals surface area contributed by atoms with Crippen LogP contribution >= 0.6 is 0 Å². The molecule has 0 spiro atoms. The lowest BCUT2D eigenvalue weighted by Gasteiger charge is -2.30. The number of aromatic hydroxyl groups is 1. The molecule has 2 aliphatic heterocycles. The third-order valence-electron chi connectivity index (χ3n) is 4.63. The van der Waals surface area contributed by atoms with Crippen LogP contribution in [0.25, 0.3) is 0 Å². The molecule has 0 aliphatic carbocycles. The fourth-order valence-corrected chi connectivity index (χ4v) is 3.07. The fourth-order valence-electron chi connectivity index (χ4n) is 3.07. The van der Waals surface area contributed by atoms with E-state index in [1.807, 2.05) is 0 Å². The number of carbonyl (C=O) groups is 2. The number of halogens is 1. The molecular weight excluding hydrogens is 327 g/mol. The summed E-state index contributed by atoms with van der Waals surface area (Å²) in [5.41, 5.74) is 0.767. The van der Waals surface area contributed by atoms with Crippen LogP contribution in [-0.4, -0.2) is 56.1 Å². The van der Waals surface area contributed by atoms with E-state index in [1.165, 1.54) is 16.8 Å². The minimum atomic E-state index is -0.386. The first-order chi connectivity index (χ1) is 12.0. The van der Waals surface area contributed by atoms with Crippen LogP contribution in [0.2, 0.25) is 0 Å². The minimum Gasteiger partial charge on any atom is -0.504 e. The Kier molecular flexibility index (Phi) is 3.67. The van der Waals surface area contributed by atoms with Gasteiger partial charge in [-0.15, -0.1) is 0 Å². The predicted octanol–water partition coefficient (Wildman–Crippen LogP) is 1.23. The zero-order chi connectivity index (χ0) is 17.6. The molecule has 4 rings (SSSR count). The number of likely N-dealkylation sites (tertiary alicyclic amines) is 1. The van der Waals surface area contributed by atoms with Gasteiger partial charge < -0.3 is 14.9 Å². The van der Waals surface area contributed by atoms with Crippen LogP contribution in [0, 0.1) is 5.82 Å². The Bertz CT molecular complexity index is 842. The summed E-state index contributed by atoms with van der Waals surface area (Å²) in [5, 5.41) is 14.5. The van der Waals surface area contributed by atoms with Crippen molar-refractivity contribution >= 4 is 11.8 Å². The Morgan fingerprint density at radius 2 is 1.88 bits per heavy atom. The maximum absolute atomic E-state index is 13.0. The first-order valence-electron chi connectivity index (χ1n) is 8.17. The first kappa shape index (κ1) is 15.6. The number of amides is 2. The van der Waals surface area contributed by atoms with Gasteiger partial charge in [-0.1, -0.05) is 12.1 Å². The van der Waals surface area contributed by atoms with E-state index in [9.17, 15) is 19.1 Å². The molecule has 1 N–H and O–H groups in total. The zero-order valence-electron chi connectivity index (χ0n) is 13.5. The van der Waals surface area contributed by atoms with Gasteiger partial charge in [-0.05, 0) is 24.1 Å². The minimum absolute atomic E-state index is 0.0391. The van der Waals surface area contributed by atoms with Crippen molar-refractivity contribution in [1.82, 2.24) is 19.6 Å². The molecule has 0 bridgehead atoms. The molecule has 8 heteroatoms. The summed E-state index contributed by atoms with van der Waals surface area (Å²) in [6.45, 7) is 2.39. The van der Waals surface area contributed by atoms with Crippen molar-refractivity contribution in [2.75, 3.05) is 19.6 Å². The van der Waals surface area contributed by atoms with Crippen LogP contribution in [0.4, 0.5) is 4.39 Å². The van der Waals surface area contributed by atoms with Gasteiger partial charge in [0.15, 0.2) is 17.1 Å². The second-order valence-electron chi connectivity index (χ2n) is 6.27. The van der Waals surface area contributed by atoms with Crippen LogP contribution in [0.3, 0.4) is 0 Å². The van der Waals surface area contributed by atoms with E-state index in [2.05, 4.69) is 5.10 Å². The third-order valence-corrected chi connectivity index (χ3v) is 4.63. The zero-order valence-corrected chi connectivity index (χ0v) is 13.5. The molecule has 2 aliphatic rings. The van der Waals surface area contributed by atoms with Gasteiger partial charge in [0.05, 0.1) is 6.54 Å². The molecule has 0 atom stereocenters. The van der Waals surface area contributed by atoms with Crippen molar-refractivity contribution in [2.45, 2.75) is 19.5 Å². The van der Waals surface area contributed by atoms with E-state index < -0.39 is 0 Å². The maximum Gasteiger partial charge on any atom is 0.278 e. The summed E-state index contributed by atoms with van der Waals surface area (Å²) in [7, 11) is 0. The van der Waals surface area contributed by atoms with Gasteiger partial charge in [0.1, 0.15) is 5.82 Å². The van der Waals surface area contributed by atoms with Gasteiger partial charge in [-0.3, -0.25) is 14.3 Å². The lowest BCUT2D eigenvalue weighted by Crippen LogP contribution is -2.42. The van der Waals surface area contributed by atoms with Crippen molar-refractivity contribution < 1.29 is 19.1 Å². The number of nitrogens with zero attached hydrogens (tertiary/aromatic N) is 4. The Balaban J connectivity index is 1.58. The number of hydrogen-bond acceptors (Lipinski definition) is 4. The summed E-state index contributed by atoms with van der Waals surface area (Å²) < 4.78 is 14.4. The van der Waals surface area contributed by atoms with E-state index in [-0.39, 0.29) is 34.8 Å². The number of benzene rings is 1. The summed E-state index contributed by atoms with van der Waals surface area (Å²) in [4.78, 5) is 28.2. The monoisotopic (exact) mass is 344 g/mol. The van der Waals surface area contributed by atoms with E-state index in [4.69, 9.17) is 0 Å². The second kappa shape index (κ2) is 5.87. The molecule has 3 heterocycles. The van der Waals surface area contributed by atoms with Gasteiger partial charge >= 0.3 is 0 Å². The molecule has 130 valence electrons. The Morgan fingerprint density at radius 1 is 1.16 bits per heavy atom. The molecule has 7 nitrogen and oxygen atoms in total. The van der Waals surface area contributed by atoms with Gasteiger partial charge in [-0.25, -0.2) is 4.39 Å². The average Bonchev–Trinajstić information content (AvgIpc) is 2.88. The van der Waals surface area contributed by atoms with E-state index in [0.717, 1.165) is 12.0 Å². The SMILES string of the molecule is O=C(c1nn2c(c1O)C(=O)N(Cc1ccc(F)cc1)CC2)N1CCC1. The molecule has 1 aromatic heterocycles. The van der Waals surface area contributed by atoms with Crippen molar-refractivity contribution in [3.8, 4) is 5.75 Å². The number of fused-ring (bicyclic) bond motifs is 1. The first-order valence-corrected chi connectivity index (χ1v) is 8.17.